The third-order valence-corrected chi connectivity index (χ3v) is 8.56. The van der Waals surface area contributed by atoms with Gasteiger partial charge in [0.15, 0.2) is 11.9 Å². The van der Waals surface area contributed by atoms with E-state index in [0.29, 0.717) is 40.8 Å². The summed E-state index contributed by atoms with van der Waals surface area (Å²) < 4.78 is 6.80. The van der Waals surface area contributed by atoms with Gasteiger partial charge in [-0.25, -0.2) is 0 Å². The number of ether oxygens (including phenoxy) is 1. The summed E-state index contributed by atoms with van der Waals surface area (Å²) in [4.78, 5) is 38.4. The lowest BCUT2D eigenvalue weighted by atomic mass is 9.78. The molecular weight excluding hydrogens is 476 g/mol. The lowest BCUT2D eigenvalue weighted by Crippen LogP contribution is -2.69. The van der Waals surface area contributed by atoms with Crippen molar-refractivity contribution in [3.8, 4) is 11.1 Å². The molecule has 0 amide bonds. The molecular formula is C32H35N2O4+. The average Bonchev–Trinajstić information content (AvgIpc) is 2.90. The van der Waals surface area contributed by atoms with Crippen molar-refractivity contribution < 1.29 is 23.6 Å². The van der Waals surface area contributed by atoms with Gasteiger partial charge in [0.2, 0.25) is 5.78 Å². The van der Waals surface area contributed by atoms with Crippen LogP contribution in [0.15, 0.2) is 72.8 Å². The summed E-state index contributed by atoms with van der Waals surface area (Å²) >= 11 is 0. The van der Waals surface area contributed by atoms with Crippen molar-refractivity contribution in [1.29, 1.82) is 0 Å². The van der Waals surface area contributed by atoms with Crippen molar-refractivity contribution in [3.63, 3.8) is 0 Å². The summed E-state index contributed by atoms with van der Waals surface area (Å²) in [6, 6.07) is 22.8. The molecule has 3 saturated heterocycles. The van der Waals surface area contributed by atoms with Gasteiger partial charge in [-0.15, -0.1) is 0 Å². The van der Waals surface area contributed by atoms with Crippen LogP contribution >= 0.6 is 0 Å². The highest BCUT2D eigenvalue weighted by molar-refractivity contribution is 6.02. The molecule has 6 rings (SSSR count). The van der Waals surface area contributed by atoms with Crippen molar-refractivity contribution in [2.24, 2.45) is 5.92 Å². The fourth-order valence-electron chi connectivity index (χ4n) is 6.38. The Kier molecular flexibility index (Phi) is 7.17. The molecule has 3 aromatic carbocycles. The van der Waals surface area contributed by atoms with E-state index in [4.69, 9.17) is 10.5 Å². The minimum Gasteiger partial charge on any atom is -0.456 e. The lowest BCUT2D eigenvalue weighted by Gasteiger charge is -2.55. The maximum absolute atomic E-state index is 13.2. The number of carbonyl (C=O) groups is 3. The van der Waals surface area contributed by atoms with Crippen LogP contribution in [0.5, 0.6) is 0 Å². The minimum atomic E-state index is -0.280. The van der Waals surface area contributed by atoms with E-state index < -0.39 is 0 Å². The first-order valence-corrected chi connectivity index (χ1v) is 13.4. The molecule has 3 fully saturated rings. The van der Waals surface area contributed by atoms with Gasteiger partial charge in [0.25, 0.3) is 0 Å². The van der Waals surface area contributed by atoms with Gasteiger partial charge in [0.05, 0.1) is 24.7 Å². The minimum absolute atomic E-state index is 0.0966. The average molecular weight is 512 g/mol. The molecule has 3 aromatic rings. The standard InChI is InChI=1S/C32H34N2O4/c1-21-17-25-15-16-34(21,19-29(36)23-9-4-3-5-10-23)20-30(25)38-31(37)18-24-11-6-7-12-27(24)28-14-8-13-26(22(2)35)32(28)33/h3-14,21,25,30H,15-20H2,1-2H3,(H-,33,35)/p+1. The van der Waals surface area contributed by atoms with Crippen molar-refractivity contribution in [3.05, 3.63) is 89.5 Å². The summed E-state index contributed by atoms with van der Waals surface area (Å²) in [5.41, 5.74) is 10.3. The Morgan fingerprint density at radius 1 is 0.947 bits per heavy atom. The second kappa shape index (κ2) is 10.5. The van der Waals surface area contributed by atoms with Gasteiger partial charge in [-0.3, -0.25) is 14.4 Å². The SMILES string of the molecule is CC(=O)c1cccc(-c2ccccc2CC(=O)OC2C[N+]3(CC(=O)c4ccccc4)CCC2CC3C)c1N. The van der Waals surface area contributed by atoms with E-state index in [9.17, 15) is 14.4 Å². The predicted octanol–water partition coefficient (Wildman–Crippen LogP) is 5.10. The number of ketones is 2. The molecule has 3 aliphatic heterocycles. The molecule has 2 N–H and O–H groups in total. The van der Waals surface area contributed by atoms with E-state index in [0.717, 1.165) is 41.6 Å². The molecule has 2 bridgehead atoms. The molecule has 6 nitrogen and oxygen atoms in total. The first-order chi connectivity index (χ1) is 18.3. The summed E-state index contributed by atoms with van der Waals surface area (Å²) in [5, 5.41) is 0. The fourth-order valence-corrected chi connectivity index (χ4v) is 6.38. The number of hydrogen-bond acceptors (Lipinski definition) is 5. The fraction of sp³-hybridized carbons (Fsp3) is 0.344. The van der Waals surface area contributed by atoms with E-state index in [1.807, 2.05) is 66.7 Å². The van der Waals surface area contributed by atoms with Gasteiger partial charge in [-0.2, -0.15) is 0 Å². The largest absolute Gasteiger partial charge is 0.456 e. The van der Waals surface area contributed by atoms with Crippen LogP contribution in [0.3, 0.4) is 0 Å². The summed E-state index contributed by atoms with van der Waals surface area (Å²) in [7, 11) is 0. The van der Waals surface area contributed by atoms with Crippen LogP contribution in [0.25, 0.3) is 11.1 Å². The van der Waals surface area contributed by atoms with Crippen molar-refractivity contribution >= 4 is 23.2 Å². The number of carbonyl (C=O) groups excluding carboxylic acids is 3. The molecule has 0 aliphatic carbocycles. The quantitative estimate of drug-likeness (QED) is 0.197. The van der Waals surface area contributed by atoms with Crippen molar-refractivity contribution in [1.82, 2.24) is 0 Å². The van der Waals surface area contributed by atoms with Crippen LogP contribution in [0.2, 0.25) is 0 Å². The van der Waals surface area contributed by atoms with E-state index in [2.05, 4.69) is 6.92 Å². The summed E-state index contributed by atoms with van der Waals surface area (Å²) in [5.74, 6) is 0.0828. The zero-order valence-corrected chi connectivity index (χ0v) is 22.1. The highest BCUT2D eigenvalue weighted by Gasteiger charge is 2.52. The van der Waals surface area contributed by atoms with Gasteiger partial charge in [-0.05, 0) is 31.0 Å². The molecule has 0 saturated carbocycles. The number of anilines is 1. The van der Waals surface area contributed by atoms with Crippen molar-refractivity contribution in [2.75, 3.05) is 25.4 Å². The summed E-state index contributed by atoms with van der Waals surface area (Å²) in [6.45, 7) is 5.76. The van der Waals surface area contributed by atoms with Crippen molar-refractivity contribution in [2.45, 2.75) is 45.3 Å². The second-order valence-corrected chi connectivity index (χ2v) is 10.9. The number of nitrogens with zero attached hydrogens (tertiary/aromatic N) is 1. The van der Waals surface area contributed by atoms with Crippen LogP contribution in [0.4, 0.5) is 5.69 Å². The number of rotatable bonds is 8. The third kappa shape index (κ3) is 5.01. The van der Waals surface area contributed by atoms with E-state index in [1.54, 1.807) is 6.07 Å². The molecule has 3 aliphatic rings. The Balaban J connectivity index is 1.32. The lowest BCUT2D eigenvalue weighted by molar-refractivity contribution is -0.960. The van der Waals surface area contributed by atoms with E-state index >= 15 is 0 Å². The zero-order valence-electron chi connectivity index (χ0n) is 22.1. The predicted molar refractivity (Wildman–Crippen MR) is 148 cm³/mol. The number of para-hydroxylation sites is 1. The number of piperidine rings is 3. The second-order valence-electron chi connectivity index (χ2n) is 10.9. The van der Waals surface area contributed by atoms with Crippen LogP contribution in [0, 0.1) is 5.92 Å². The van der Waals surface area contributed by atoms with Gasteiger partial charge in [0, 0.05) is 35.4 Å². The van der Waals surface area contributed by atoms with Crippen LogP contribution in [-0.4, -0.2) is 53.8 Å². The number of fused-ring (bicyclic) bond motifs is 3. The Morgan fingerprint density at radius 3 is 2.39 bits per heavy atom. The Morgan fingerprint density at radius 2 is 1.66 bits per heavy atom. The molecule has 0 radical (unpaired) electrons. The Bertz CT molecular complexity index is 1370. The highest BCUT2D eigenvalue weighted by atomic mass is 16.5. The molecule has 4 atom stereocenters. The van der Waals surface area contributed by atoms with Gasteiger partial charge >= 0.3 is 5.97 Å². The first-order valence-electron chi connectivity index (χ1n) is 13.4. The number of Topliss-reactive ketones (excluding diaryl/α,β-unsaturated/α-hetero) is 2. The van der Waals surface area contributed by atoms with Gasteiger partial charge in [-0.1, -0.05) is 66.7 Å². The smallest absolute Gasteiger partial charge is 0.310 e. The molecule has 3 heterocycles. The zero-order chi connectivity index (χ0) is 26.9. The summed E-state index contributed by atoms with van der Waals surface area (Å²) in [6.07, 6.45) is 1.82. The third-order valence-electron chi connectivity index (χ3n) is 8.56. The van der Waals surface area contributed by atoms with Gasteiger partial charge in [0.1, 0.15) is 13.1 Å². The van der Waals surface area contributed by atoms with Crippen LogP contribution < -0.4 is 5.73 Å². The normalized spacial score (nSPS) is 24.1. The van der Waals surface area contributed by atoms with Crippen LogP contribution in [0.1, 0.15) is 53.0 Å². The molecule has 0 spiro atoms. The molecule has 0 aromatic heterocycles. The maximum atomic E-state index is 13.2. The van der Waals surface area contributed by atoms with E-state index in [1.165, 1.54) is 6.92 Å². The highest BCUT2D eigenvalue weighted by Crippen LogP contribution is 2.40. The number of nitrogens with two attached hydrogens (primary N) is 1. The number of quaternary nitrogens is 1. The molecule has 38 heavy (non-hydrogen) atoms. The maximum Gasteiger partial charge on any atom is 0.310 e. The number of hydrogen-bond donors (Lipinski definition) is 1. The molecule has 6 heteroatoms. The topological polar surface area (TPSA) is 86.5 Å². The number of nitrogen functional groups attached to an aromatic ring is 1. The Labute approximate surface area is 224 Å². The Hall–Kier alpha value is -3.77. The number of benzene rings is 3. The van der Waals surface area contributed by atoms with Gasteiger partial charge < -0.3 is 15.0 Å². The van der Waals surface area contributed by atoms with Crippen LogP contribution in [-0.2, 0) is 16.0 Å². The molecule has 4 unspecified atom stereocenters. The monoisotopic (exact) mass is 511 g/mol. The van der Waals surface area contributed by atoms with E-state index in [-0.39, 0.29) is 30.1 Å². The number of esters is 1. The first kappa shape index (κ1) is 25.9. The molecule has 196 valence electrons.